The fourth-order valence-electron chi connectivity index (χ4n) is 2.33. The molecule has 5 nitrogen and oxygen atoms in total. The first kappa shape index (κ1) is 14.8. The maximum Gasteiger partial charge on any atom is 0.337 e. The smallest absolute Gasteiger partial charge is 0.337 e. The summed E-state index contributed by atoms with van der Waals surface area (Å²) in [6.07, 6.45) is 1.71. The minimum Gasteiger partial charge on any atom is -0.478 e. The first-order valence-electron chi connectivity index (χ1n) is 6.47. The van der Waals surface area contributed by atoms with Crippen LogP contribution in [0.25, 0.3) is 0 Å². The molecule has 6 heteroatoms. The number of hydrogen-bond acceptors (Lipinski definition) is 3. The van der Waals surface area contributed by atoms with Crippen molar-refractivity contribution in [2.75, 3.05) is 18.4 Å². The Balaban J connectivity index is 2.21. The van der Waals surface area contributed by atoms with Crippen molar-refractivity contribution in [3.63, 3.8) is 0 Å². The number of nitrogens with one attached hydrogen (secondary N) is 2. The van der Waals surface area contributed by atoms with Crippen molar-refractivity contribution in [1.82, 2.24) is 5.32 Å². The lowest BCUT2D eigenvalue weighted by Gasteiger charge is -2.32. The highest BCUT2D eigenvalue weighted by Gasteiger charge is 2.35. The number of benzene rings is 1. The van der Waals surface area contributed by atoms with Crippen LogP contribution in [0.15, 0.2) is 18.2 Å². The van der Waals surface area contributed by atoms with Crippen LogP contribution >= 0.6 is 11.6 Å². The molecule has 1 unspecified atom stereocenters. The van der Waals surface area contributed by atoms with E-state index < -0.39 is 11.4 Å². The molecule has 1 aliphatic rings. The zero-order valence-corrected chi connectivity index (χ0v) is 12.0. The Morgan fingerprint density at radius 2 is 2.20 bits per heavy atom. The van der Waals surface area contributed by atoms with Gasteiger partial charge in [0.05, 0.1) is 16.7 Å². The minimum absolute atomic E-state index is 0.00165. The predicted molar refractivity (Wildman–Crippen MR) is 77.3 cm³/mol. The van der Waals surface area contributed by atoms with E-state index in [1.54, 1.807) is 6.07 Å². The van der Waals surface area contributed by atoms with Crippen molar-refractivity contribution in [3.8, 4) is 0 Å². The molecule has 1 heterocycles. The van der Waals surface area contributed by atoms with E-state index in [4.69, 9.17) is 16.7 Å². The monoisotopic (exact) mass is 296 g/mol. The molecule has 0 bridgehead atoms. The van der Waals surface area contributed by atoms with Crippen LogP contribution in [0.3, 0.4) is 0 Å². The standard InChI is InChI=1S/C14H17ClN2O3/c1-14(5-2-6-16-8-14)13(20)17-11-4-3-9(15)7-10(11)12(18)19/h3-4,7,16H,2,5-6,8H2,1H3,(H,17,20)(H,18,19). The van der Waals surface area contributed by atoms with Gasteiger partial charge in [0.1, 0.15) is 0 Å². The Morgan fingerprint density at radius 3 is 2.80 bits per heavy atom. The molecule has 0 radical (unpaired) electrons. The average Bonchev–Trinajstić information content (AvgIpc) is 2.41. The molecule has 1 aromatic rings. The second-order valence-corrected chi connectivity index (χ2v) is 5.73. The fourth-order valence-corrected chi connectivity index (χ4v) is 2.50. The summed E-state index contributed by atoms with van der Waals surface area (Å²) >= 11 is 5.79. The highest BCUT2D eigenvalue weighted by Crippen LogP contribution is 2.28. The van der Waals surface area contributed by atoms with E-state index in [1.165, 1.54) is 12.1 Å². The zero-order valence-electron chi connectivity index (χ0n) is 11.2. The molecule has 2 rings (SSSR count). The average molecular weight is 297 g/mol. The number of rotatable bonds is 3. The quantitative estimate of drug-likeness (QED) is 0.800. The molecule has 1 atom stereocenters. The molecule has 0 aromatic heterocycles. The molecule has 1 aromatic carbocycles. The third kappa shape index (κ3) is 3.11. The minimum atomic E-state index is -1.12. The highest BCUT2D eigenvalue weighted by atomic mass is 35.5. The second kappa shape index (κ2) is 5.81. The van der Waals surface area contributed by atoms with Crippen LogP contribution in [0.4, 0.5) is 5.69 Å². The summed E-state index contributed by atoms with van der Waals surface area (Å²) in [5.74, 6) is -1.29. The number of anilines is 1. The van der Waals surface area contributed by atoms with Gasteiger partial charge in [0.25, 0.3) is 0 Å². The summed E-state index contributed by atoms with van der Waals surface area (Å²) < 4.78 is 0. The van der Waals surface area contributed by atoms with Gasteiger partial charge in [-0.3, -0.25) is 4.79 Å². The SMILES string of the molecule is CC1(C(=O)Nc2ccc(Cl)cc2C(=O)O)CCCNC1. The number of halogens is 1. The van der Waals surface area contributed by atoms with Crippen molar-refractivity contribution < 1.29 is 14.7 Å². The molecular weight excluding hydrogens is 280 g/mol. The van der Waals surface area contributed by atoms with E-state index in [9.17, 15) is 9.59 Å². The normalized spacial score (nSPS) is 22.3. The number of carbonyl (C=O) groups is 2. The van der Waals surface area contributed by atoms with Crippen molar-refractivity contribution in [3.05, 3.63) is 28.8 Å². The van der Waals surface area contributed by atoms with E-state index in [-0.39, 0.29) is 17.2 Å². The maximum atomic E-state index is 12.4. The molecular formula is C14H17ClN2O3. The van der Waals surface area contributed by atoms with Crippen LogP contribution in [-0.2, 0) is 4.79 Å². The first-order chi connectivity index (χ1) is 9.42. The molecule has 0 aliphatic carbocycles. The van der Waals surface area contributed by atoms with Gasteiger partial charge in [0.2, 0.25) is 5.91 Å². The van der Waals surface area contributed by atoms with Crippen LogP contribution in [0.1, 0.15) is 30.1 Å². The number of amides is 1. The zero-order chi connectivity index (χ0) is 14.8. The van der Waals surface area contributed by atoms with Gasteiger partial charge in [-0.1, -0.05) is 11.6 Å². The lowest BCUT2D eigenvalue weighted by molar-refractivity contribution is -0.125. The Morgan fingerprint density at radius 1 is 1.45 bits per heavy atom. The van der Waals surface area contributed by atoms with Crippen LogP contribution < -0.4 is 10.6 Å². The molecule has 1 fully saturated rings. The fraction of sp³-hybridized carbons (Fsp3) is 0.429. The number of carboxylic acid groups (broad SMARTS) is 1. The Labute approximate surface area is 122 Å². The van der Waals surface area contributed by atoms with E-state index >= 15 is 0 Å². The van der Waals surface area contributed by atoms with Crippen molar-refractivity contribution >= 4 is 29.2 Å². The van der Waals surface area contributed by atoms with Gasteiger partial charge in [-0.2, -0.15) is 0 Å². The van der Waals surface area contributed by atoms with Crippen LogP contribution in [0, 0.1) is 5.41 Å². The van der Waals surface area contributed by atoms with Crippen LogP contribution in [0.5, 0.6) is 0 Å². The lowest BCUT2D eigenvalue weighted by Crippen LogP contribution is -2.46. The summed E-state index contributed by atoms with van der Waals surface area (Å²) in [5.41, 5.74) is -0.245. The van der Waals surface area contributed by atoms with Gasteiger partial charge in [-0.15, -0.1) is 0 Å². The van der Waals surface area contributed by atoms with Crippen LogP contribution in [0.2, 0.25) is 5.02 Å². The molecule has 3 N–H and O–H groups in total. The van der Waals surface area contributed by atoms with Gasteiger partial charge < -0.3 is 15.7 Å². The van der Waals surface area contributed by atoms with Gasteiger partial charge in [-0.05, 0) is 44.5 Å². The number of carboxylic acids is 1. The molecule has 20 heavy (non-hydrogen) atoms. The molecule has 1 amide bonds. The third-order valence-corrected chi connectivity index (χ3v) is 3.84. The molecule has 108 valence electrons. The van der Waals surface area contributed by atoms with E-state index in [0.717, 1.165) is 19.4 Å². The van der Waals surface area contributed by atoms with Gasteiger partial charge >= 0.3 is 5.97 Å². The van der Waals surface area contributed by atoms with Gasteiger partial charge in [0.15, 0.2) is 0 Å². The van der Waals surface area contributed by atoms with Crippen molar-refractivity contribution in [2.45, 2.75) is 19.8 Å². The number of piperidine rings is 1. The van der Waals surface area contributed by atoms with Crippen LogP contribution in [-0.4, -0.2) is 30.1 Å². The summed E-state index contributed by atoms with van der Waals surface area (Å²) in [5, 5.41) is 15.4. The topological polar surface area (TPSA) is 78.4 Å². The summed E-state index contributed by atoms with van der Waals surface area (Å²) in [7, 11) is 0. The summed E-state index contributed by atoms with van der Waals surface area (Å²) in [4.78, 5) is 23.6. The second-order valence-electron chi connectivity index (χ2n) is 5.29. The highest BCUT2D eigenvalue weighted by molar-refractivity contribution is 6.31. The lowest BCUT2D eigenvalue weighted by atomic mass is 9.82. The molecule has 0 spiro atoms. The largest absolute Gasteiger partial charge is 0.478 e. The summed E-state index contributed by atoms with van der Waals surface area (Å²) in [6, 6.07) is 4.41. The third-order valence-electron chi connectivity index (χ3n) is 3.61. The Kier molecular flexibility index (Phi) is 4.30. The number of carbonyl (C=O) groups excluding carboxylic acids is 1. The van der Waals surface area contributed by atoms with Crippen molar-refractivity contribution in [1.29, 1.82) is 0 Å². The summed E-state index contributed by atoms with van der Waals surface area (Å²) in [6.45, 7) is 3.38. The van der Waals surface area contributed by atoms with Crippen molar-refractivity contribution in [2.24, 2.45) is 5.41 Å². The molecule has 1 saturated heterocycles. The number of hydrogen-bond donors (Lipinski definition) is 3. The maximum absolute atomic E-state index is 12.4. The van der Waals surface area contributed by atoms with E-state index in [0.29, 0.717) is 11.6 Å². The van der Waals surface area contributed by atoms with Gasteiger partial charge in [0, 0.05) is 11.6 Å². The number of aromatic carboxylic acids is 1. The first-order valence-corrected chi connectivity index (χ1v) is 6.85. The van der Waals surface area contributed by atoms with E-state index in [2.05, 4.69) is 10.6 Å². The molecule has 0 saturated carbocycles. The predicted octanol–water partition coefficient (Wildman–Crippen LogP) is 2.37. The Hall–Kier alpha value is -1.59. The molecule has 1 aliphatic heterocycles. The Bertz CT molecular complexity index is 539. The van der Waals surface area contributed by atoms with E-state index in [1.807, 2.05) is 6.92 Å². The van der Waals surface area contributed by atoms with Gasteiger partial charge in [-0.25, -0.2) is 4.79 Å².